The first-order valence-electron chi connectivity index (χ1n) is 6.38. The number of nitrogens with one attached hydrogen (secondary N) is 1. The van der Waals surface area contributed by atoms with Crippen LogP contribution in [0.5, 0.6) is 0 Å². The fraction of sp³-hybridized carbons (Fsp3) is 0.846. The van der Waals surface area contributed by atoms with Crippen molar-refractivity contribution in [1.29, 1.82) is 0 Å². The molecule has 1 aliphatic heterocycles. The van der Waals surface area contributed by atoms with Crippen LogP contribution >= 0.6 is 0 Å². The van der Waals surface area contributed by atoms with Gasteiger partial charge in [-0.1, -0.05) is 39.2 Å². The standard InChI is InChI=1S/C13H26N2/c1-4-5-6-7-8-13-11-15(12(2)3)10-9-14-13/h13-14H,2,4-11H2,1,3H3/t13-/m1/s1. The van der Waals surface area contributed by atoms with E-state index < -0.39 is 0 Å². The highest BCUT2D eigenvalue weighted by Crippen LogP contribution is 2.11. The Labute approximate surface area is 94.7 Å². The molecule has 1 heterocycles. The number of rotatable bonds is 6. The zero-order valence-electron chi connectivity index (χ0n) is 10.4. The first kappa shape index (κ1) is 12.6. The van der Waals surface area contributed by atoms with Gasteiger partial charge in [0.25, 0.3) is 0 Å². The predicted molar refractivity (Wildman–Crippen MR) is 66.9 cm³/mol. The summed E-state index contributed by atoms with van der Waals surface area (Å²) in [5, 5.41) is 3.60. The van der Waals surface area contributed by atoms with Crippen molar-refractivity contribution in [1.82, 2.24) is 10.2 Å². The smallest absolute Gasteiger partial charge is 0.0329 e. The van der Waals surface area contributed by atoms with Crippen molar-refractivity contribution < 1.29 is 0 Å². The van der Waals surface area contributed by atoms with Crippen LogP contribution in [-0.4, -0.2) is 30.6 Å². The number of hydrogen-bond donors (Lipinski definition) is 1. The second-order valence-corrected chi connectivity index (χ2v) is 4.68. The van der Waals surface area contributed by atoms with Gasteiger partial charge in [0.2, 0.25) is 0 Å². The van der Waals surface area contributed by atoms with E-state index in [9.17, 15) is 0 Å². The lowest BCUT2D eigenvalue weighted by atomic mass is 10.1. The summed E-state index contributed by atoms with van der Waals surface area (Å²) in [5.74, 6) is 0. The molecule has 1 N–H and O–H groups in total. The summed E-state index contributed by atoms with van der Waals surface area (Å²) in [6.45, 7) is 11.8. The first-order valence-corrected chi connectivity index (χ1v) is 6.38. The fourth-order valence-corrected chi connectivity index (χ4v) is 2.18. The van der Waals surface area contributed by atoms with Crippen LogP contribution in [0.4, 0.5) is 0 Å². The molecule has 0 aromatic rings. The van der Waals surface area contributed by atoms with Gasteiger partial charge >= 0.3 is 0 Å². The number of allylic oxidation sites excluding steroid dienone is 1. The minimum atomic E-state index is 0.687. The molecule has 0 saturated carbocycles. The maximum Gasteiger partial charge on any atom is 0.0329 e. The Balaban J connectivity index is 2.15. The van der Waals surface area contributed by atoms with Gasteiger partial charge in [0.1, 0.15) is 0 Å². The van der Waals surface area contributed by atoms with Crippen molar-refractivity contribution >= 4 is 0 Å². The molecular formula is C13H26N2. The molecule has 0 radical (unpaired) electrons. The average Bonchev–Trinajstić information content (AvgIpc) is 2.25. The second kappa shape index (κ2) is 6.89. The largest absolute Gasteiger partial charge is 0.373 e. The van der Waals surface area contributed by atoms with Crippen LogP contribution in [0.3, 0.4) is 0 Å². The van der Waals surface area contributed by atoms with E-state index in [2.05, 4.69) is 30.6 Å². The summed E-state index contributed by atoms with van der Waals surface area (Å²) >= 11 is 0. The molecule has 1 saturated heterocycles. The zero-order valence-corrected chi connectivity index (χ0v) is 10.4. The number of piperazine rings is 1. The van der Waals surface area contributed by atoms with E-state index in [4.69, 9.17) is 0 Å². The van der Waals surface area contributed by atoms with Gasteiger partial charge < -0.3 is 10.2 Å². The normalized spacial score (nSPS) is 21.7. The van der Waals surface area contributed by atoms with Gasteiger partial charge in [-0.15, -0.1) is 0 Å². The maximum atomic E-state index is 4.02. The van der Waals surface area contributed by atoms with Crippen LogP contribution in [0.25, 0.3) is 0 Å². The lowest BCUT2D eigenvalue weighted by Gasteiger charge is -2.35. The predicted octanol–water partition coefficient (Wildman–Crippen LogP) is 2.76. The Bertz CT molecular complexity index is 189. The maximum absolute atomic E-state index is 4.02. The molecule has 0 amide bonds. The van der Waals surface area contributed by atoms with Crippen LogP contribution in [0, 0.1) is 0 Å². The topological polar surface area (TPSA) is 15.3 Å². The Kier molecular flexibility index (Phi) is 5.77. The van der Waals surface area contributed by atoms with E-state index in [0.717, 1.165) is 19.6 Å². The molecule has 0 spiro atoms. The summed E-state index contributed by atoms with van der Waals surface area (Å²) in [6.07, 6.45) is 6.80. The number of unbranched alkanes of at least 4 members (excludes halogenated alkanes) is 3. The molecule has 0 unspecified atom stereocenters. The molecule has 0 bridgehead atoms. The van der Waals surface area contributed by atoms with Crippen molar-refractivity contribution in [2.45, 2.75) is 52.0 Å². The molecule has 0 aromatic carbocycles. The van der Waals surface area contributed by atoms with Gasteiger partial charge in [-0.25, -0.2) is 0 Å². The van der Waals surface area contributed by atoms with Crippen molar-refractivity contribution in [3.8, 4) is 0 Å². The molecule has 88 valence electrons. The van der Waals surface area contributed by atoms with E-state index in [0.29, 0.717) is 6.04 Å². The van der Waals surface area contributed by atoms with Crippen molar-refractivity contribution in [3.63, 3.8) is 0 Å². The Hall–Kier alpha value is -0.500. The summed E-state index contributed by atoms with van der Waals surface area (Å²) in [4.78, 5) is 2.40. The Morgan fingerprint density at radius 2 is 2.20 bits per heavy atom. The van der Waals surface area contributed by atoms with Gasteiger partial charge in [-0.05, 0) is 13.3 Å². The second-order valence-electron chi connectivity index (χ2n) is 4.68. The summed E-state index contributed by atoms with van der Waals surface area (Å²) in [6, 6.07) is 0.687. The lowest BCUT2D eigenvalue weighted by Crippen LogP contribution is -2.49. The summed E-state index contributed by atoms with van der Waals surface area (Å²) < 4.78 is 0. The van der Waals surface area contributed by atoms with Gasteiger partial charge in [-0.3, -0.25) is 0 Å². The lowest BCUT2D eigenvalue weighted by molar-refractivity contribution is 0.237. The molecule has 1 rings (SSSR count). The van der Waals surface area contributed by atoms with E-state index in [1.807, 2.05) is 0 Å². The molecular weight excluding hydrogens is 184 g/mol. The molecule has 15 heavy (non-hydrogen) atoms. The Morgan fingerprint density at radius 3 is 2.87 bits per heavy atom. The van der Waals surface area contributed by atoms with E-state index >= 15 is 0 Å². The summed E-state index contributed by atoms with van der Waals surface area (Å²) in [5.41, 5.74) is 1.22. The van der Waals surface area contributed by atoms with Gasteiger partial charge in [0.15, 0.2) is 0 Å². The third kappa shape index (κ3) is 4.70. The third-order valence-corrected chi connectivity index (χ3v) is 3.20. The summed E-state index contributed by atoms with van der Waals surface area (Å²) in [7, 11) is 0. The zero-order chi connectivity index (χ0) is 11.1. The van der Waals surface area contributed by atoms with E-state index in [1.54, 1.807) is 0 Å². The minimum Gasteiger partial charge on any atom is -0.373 e. The molecule has 0 aliphatic carbocycles. The van der Waals surface area contributed by atoms with Crippen LogP contribution in [0.15, 0.2) is 12.3 Å². The molecule has 2 nitrogen and oxygen atoms in total. The Morgan fingerprint density at radius 1 is 1.40 bits per heavy atom. The number of nitrogens with zero attached hydrogens (tertiary/aromatic N) is 1. The molecule has 2 heteroatoms. The monoisotopic (exact) mass is 210 g/mol. The SMILES string of the molecule is C=C(C)N1CCN[C@H](CCCCCC)C1. The highest BCUT2D eigenvalue weighted by Gasteiger charge is 2.17. The highest BCUT2D eigenvalue weighted by atomic mass is 15.2. The third-order valence-electron chi connectivity index (χ3n) is 3.20. The highest BCUT2D eigenvalue weighted by molar-refractivity contribution is 4.93. The number of hydrogen-bond acceptors (Lipinski definition) is 2. The quantitative estimate of drug-likeness (QED) is 0.678. The van der Waals surface area contributed by atoms with Crippen LogP contribution in [0.2, 0.25) is 0 Å². The average molecular weight is 210 g/mol. The van der Waals surface area contributed by atoms with Crippen molar-refractivity contribution in [2.75, 3.05) is 19.6 Å². The first-order chi connectivity index (χ1) is 7.24. The van der Waals surface area contributed by atoms with Gasteiger partial charge in [-0.2, -0.15) is 0 Å². The van der Waals surface area contributed by atoms with Crippen LogP contribution in [0.1, 0.15) is 46.0 Å². The van der Waals surface area contributed by atoms with E-state index in [1.165, 1.54) is 37.8 Å². The van der Waals surface area contributed by atoms with Crippen molar-refractivity contribution in [2.24, 2.45) is 0 Å². The fourth-order valence-electron chi connectivity index (χ4n) is 2.18. The van der Waals surface area contributed by atoms with E-state index in [-0.39, 0.29) is 0 Å². The molecule has 0 aromatic heterocycles. The molecule has 1 aliphatic rings. The van der Waals surface area contributed by atoms with Gasteiger partial charge in [0, 0.05) is 31.4 Å². The minimum absolute atomic E-state index is 0.687. The van der Waals surface area contributed by atoms with Crippen molar-refractivity contribution in [3.05, 3.63) is 12.3 Å². The molecule has 1 fully saturated rings. The van der Waals surface area contributed by atoms with Crippen LogP contribution < -0.4 is 5.32 Å². The van der Waals surface area contributed by atoms with Crippen LogP contribution in [-0.2, 0) is 0 Å². The van der Waals surface area contributed by atoms with Gasteiger partial charge in [0.05, 0.1) is 0 Å². The molecule has 1 atom stereocenters.